The third-order valence-electron chi connectivity index (χ3n) is 5.27. The molecule has 0 bridgehead atoms. The van der Waals surface area contributed by atoms with Crippen LogP contribution < -0.4 is 0 Å². The third kappa shape index (κ3) is 4.11. The van der Waals surface area contributed by atoms with Crippen molar-refractivity contribution in [2.75, 3.05) is 25.4 Å². The van der Waals surface area contributed by atoms with Crippen LogP contribution in [-0.4, -0.2) is 53.4 Å². The Balaban J connectivity index is 0.000000242. The number of hydrogen-bond donors (Lipinski definition) is 3. The Hall–Kier alpha value is -1.41. The van der Waals surface area contributed by atoms with E-state index in [4.69, 9.17) is 4.55 Å². The van der Waals surface area contributed by atoms with E-state index < -0.39 is 10.1 Å². The molecule has 2 aliphatic heterocycles. The molecule has 0 saturated carbocycles. The number of nitrogens with one attached hydrogen (secondary N) is 1. The summed E-state index contributed by atoms with van der Waals surface area (Å²) in [6, 6.07) is 9.05. The second-order valence-corrected chi connectivity index (χ2v) is 8.74. The summed E-state index contributed by atoms with van der Waals surface area (Å²) in [7, 11) is -3.67. The fourth-order valence-corrected chi connectivity index (χ4v) is 4.72. The predicted molar refractivity (Wildman–Crippen MR) is 103 cm³/mol. The van der Waals surface area contributed by atoms with Gasteiger partial charge in [-0.1, -0.05) is 31.5 Å². The summed E-state index contributed by atoms with van der Waals surface area (Å²) in [4.78, 5) is 6.18. The maximum Gasteiger partial charge on any atom is 0.264 e. The summed E-state index contributed by atoms with van der Waals surface area (Å²) in [6.45, 7) is 4.12. The second-order valence-electron chi connectivity index (χ2n) is 7.17. The van der Waals surface area contributed by atoms with Crippen LogP contribution in [-0.2, 0) is 10.1 Å². The number of aliphatic hydroxyl groups excluding tert-OH is 1. The number of nitrogens with zero attached hydrogens (tertiary/aromatic N) is 1. The van der Waals surface area contributed by atoms with Gasteiger partial charge >= 0.3 is 0 Å². The van der Waals surface area contributed by atoms with Gasteiger partial charge in [0.15, 0.2) is 0 Å². The number of benzene rings is 1. The van der Waals surface area contributed by atoms with Crippen molar-refractivity contribution in [2.45, 2.75) is 44.6 Å². The van der Waals surface area contributed by atoms with Gasteiger partial charge in [0.1, 0.15) is 0 Å². The summed E-state index contributed by atoms with van der Waals surface area (Å²) >= 11 is 0. The van der Waals surface area contributed by atoms with Crippen LogP contribution in [0.25, 0.3) is 10.9 Å². The Morgan fingerprint density at radius 2 is 2.04 bits per heavy atom. The molecule has 26 heavy (non-hydrogen) atoms. The number of fused-ring (bicyclic) bond motifs is 5. The number of H-pyrrole nitrogens is 1. The van der Waals surface area contributed by atoms with E-state index >= 15 is 0 Å². The largest absolute Gasteiger partial charge is 0.396 e. The maximum absolute atomic E-state index is 9.79. The van der Waals surface area contributed by atoms with E-state index in [-0.39, 0.29) is 18.3 Å². The fraction of sp³-hybridized carbons (Fsp3) is 0.579. The van der Waals surface area contributed by atoms with Gasteiger partial charge in [-0.15, -0.1) is 0 Å². The van der Waals surface area contributed by atoms with Gasteiger partial charge < -0.3 is 10.1 Å². The van der Waals surface area contributed by atoms with E-state index in [0.717, 1.165) is 6.54 Å². The SMILES string of the molecule is CCCS(=O)(=O)O.OCC1CN2CCCCC2c2[nH]c3ccccc3c21. The highest BCUT2D eigenvalue weighted by atomic mass is 32.2. The molecular formula is C19H28N2O4S. The van der Waals surface area contributed by atoms with E-state index in [1.165, 1.54) is 48.0 Å². The summed E-state index contributed by atoms with van der Waals surface area (Å²) in [5.41, 5.74) is 3.96. The lowest BCUT2D eigenvalue weighted by Crippen LogP contribution is -2.41. The van der Waals surface area contributed by atoms with Crippen molar-refractivity contribution in [3.05, 3.63) is 35.5 Å². The van der Waals surface area contributed by atoms with Crippen molar-refractivity contribution in [3.63, 3.8) is 0 Å². The van der Waals surface area contributed by atoms with Crippen LogP contribution in [0.3, 0.4) is 0 Å². The van der Waals surface area contributed by atoms with Crippen LogP contribution in [0.4, 0.5) is 0 Å². The summed E-state index contributed by atoms with van der Waals surface area (Å²) in [5, 5.41) is 11.1. The van der Waals surface area contributed by atoms with Crippen LogP contribution in [0.2, 0.25) is 0 Å². The van der Waals surface area contributed by atoms with Crippen LogP contribution in [0.5, 0.6) is 0 Å². The number of rotatable bonds is 3. The number of aliphatic hydroxyl groups is 1. The number of aromatic nitrogens is 1. The molecule has 2 aliphatic rings. The topological polar surface area (TPSA) is 93.6 Å². The lowest BCUT2D eigenvalue weighted by atomic mass is 9.85. The molecule has 0 amide bonds. The molecular weight excluding hydrogens is 352 g/mol. The monoisotopic (exact) mass is 380 g/mol. The van der Waals surface area contributed by atoms with E-state index in [0.29, 0.717) is 12.5 Å². The van der Waals surface area contributed by atoms with E-state index in [1.54, 1.807) is 6.92 Å². The molecule has 0 radical (unpaired) electrons. The van der Waals surface area contributed by atoms with Crippen molar-refractivity contribution >= 4 is 21.0 Å². The van der Waals surface area contributed by atoms with E-state index in [9.17, 15) is 13.5 Å². The summed E-state index contributed by atoms with van der Waals surface area (Å²) in [6.07, 6.45) is 4.33. The Bertz CT molecular complexity index is 846. The van der Waals surface area contributed by atoms with Gasteiger partial charge in [0, 0.05) is 29.1 Å². The molecule has 0 aliphatic carbocycles. The average Bonchev–Trinajstić information content (AvgIpc) is 3.00. The van der Waals surface area contributed by atoms with Gasteiger partial charge in [0.25, 0.3) is 10.1 Å². The Kier molecular flexibility index (Phi) is 6.02. The van der Waals surface area contributed by atoms with Crippen LogP contribution in [0.15, 0.2) is 24.3 Å². The standard InChI is InChI=1S/C16H20N2O.C3H8O3S/c19-10-11-9-18-8-4-3-7-14(18)16-15(11)12-5-1-2-6-13(12)17-16;1-2-3-7(4,5)6/h1-2,5-6,11,14,17,19H,3-4,7-10H2;2-3H2,1H3,(H,4,5,6). The minimum Gasteiger partial charge on any atom is -0.396 e. The molecule has 2 unspecified atom stereocenters. The number of aromatic amines is 1. The molecule has 1 saturated heterocycles. The Labute approximate surface area is 155 Å². The zero-order valence-corrected chi connectivity index (χ0v) is 16.0. The van der Waals surface area contributed by atoms with Crippen molar-refractivity contribution < 1.29 is 18.1 Å². The van der Waals surface area contributed by atoms with Gasteiger partial charge in [0.2, 0.25) is 0 Å². The maximum atomic E-state index is 9.79. The Morgan fingerprint density at radius 3 is 2.69 bits per heavy atom. The van der Waals surface area contributed by atoms with Crippen LogP contribution in [0.1, 0.15) is 55.8 Å². The molecule has 3 N–H and O–H groups in total. The molecule has 3 heterocycles. The van der Waals surface area contributed by atoms with Gasteiger partial charge in [0.05, 0.1) is 18.4 Å². The molecule has 0 spiro atoms. The smallest absolute Gasteiger partial charge is 0.264 e. The number of para-hydroxylation sites is 1. The first-order valence-electron chi connectivity index (χ1n) is 9.35. The molecule has 2 aromatic rings. The minimum absolute atomic E-state index is 0.132. The average molecular weight is 381 g/mol. The number of hydrogen-bond acceptors (Lipinski definition) is 4. The third-order valence-corrected chi connectivity index (χ3v) is 6.19. The highest BCUT2D eigenvalue weighted by Crippen LogP contribution is 2.43. The molecule has 1 fully saturated rings. The van der Waals surface area contributed by atoms with Crippen molar-refractivity contribution in [1.82, 2.24) is 9.88 Å². The van der Waals surface area contributed by atoms with Gasteiger partial charge in [-0.05, 0) is 37.4 Å². The molecule has 2 atom stereocenters. The van der Waals surface area contributed by atoms with Crippen molar-refractivity contribution in [1.29, 1.82) is 0 Å². The van der Waals surface area contributed by atoms with Crippen LogP contribution >= 0.6 is 0 Å². The van der Waals surface area contributed by atoms with Crippen molar-refractivity contribution in [2.24, 2.45) is 0 Å². The first-order valence-corrected chi connectivity index (χ1v) is 11.0. The normalized spacial score (nSPS) is 23.0. The zero-order chi connectivity index (χ0) is 18.7. The predicted octanol–water partition coefficient (Wildman–Crippen LogP) is 3.07. The number of piperidine rings is 1. The summed E-state index contributed by atoms with van der Waals surface area (Å²) < 4.78 is 27.6. The first-order chi connectivity index (χ1) is 12.4. The minimum atomic E-state index is -3.67. The lowest BCUT2D eigenvalue weighted by Gasteiger charge is -2.42. The van der Waals surface area contributed by atoms with E-state index in [2.05, 4.69) is 34.1 Å². The molecule has 4 rings (SSSR count). The van der Waals surface area contributed by atoms with E-state index in [1.807, 2.05) is 0 Å². The van der Waals surface area contributed by atoms with Crippen LogP contribution in [0, 0.1) is 0 Å². The highest BCUT2D eigenvalue weighted by molar-refractivity contribution is 7.85. The highest BCUT2D eigenvalue weighted by Gasteiger charge is 2.36. The first kappa shape index (κ1) is 19.4. The quantitative estimate of drug-likeness (QED) is 0.712. The van der Waals surface area contributed by atoms with Gasteiger partial charge in [-0.3, -0.25) is 9.45 Å². The molecule has 1 aromatic carbocycles. The molecule has 1 aromatic heterocycles. The second kappa shape index (κ2) is 8.08. The molecule has 7 heteroatoms. The Morgan fingerprint density at radius 1 is 1.27 bits per heavy atom. The van der Waals surface area contributed by atoms with Gasteiger partial charge in [-0.2, -0.15) is 8.42 Å². The fourth-order valence-electron chi connectivity index (χ4n) is 4.20. The summed E-state index contributed by atoms with van der Waals surface area (Å²) in [5.74, 6) is 0.132. The zero-order valence-electron chi connectivity index (χ0n) is 15.2. The van der Waals surface area contributed by atoms with Gasteiger partial charge in [-0.25, -0.2) is 0 Å². The lowest BCUT2D eigenvalue weighted by molar-refractivity contribution is 0.104. The molecule has 144 valence electrons. The van der Waals surface area contributed by atoms with Crippen molar-refractivity contribution in [3.8, 4) is 0 Å². The molecule has 6 nitrogen and oxygen atoms in total.